The molecule has 1 aromatic heterocycles. The Labute approximate surface area is 196 Å². The first-order valence-corrected chi connectivity index (χ1v) is 12.4. The number of amides is 1. The zero-order chi connectivity index (χ0) is 23.6. The van der Waals surface area contributed by atoms with E-state index in [1.807, 2.05) is 50.2 Å². The van der Waals surface area contributed by atoms with Gasteiger partial charge in [0, 0.05) is 11.1 Å². The van der Waals surface area contributed by atoms with Crippen LogP contribution in [0.2, 0.25) is 0 Å². The minimum atomic E-state index is -3.89. The molecule has 4 rings (SSSR count). The second kappa shape index (κ2) is 9.13. The van der Waals surface area contributed by atoms with Gasteiger partial charge in [0.05, 0.1) is 10.6 Å². The minimum absolute atomic E-state index is 0.0380. The summed E-state index contributed by atoms with van der Waals surface area (Å²) in [6.45, 7) is 5.51. The fraction of sp³-hybridized carbons (Fsp3) is 0.125. The largest absolute Gasteiger partial charge is 0.296 e. The standard InChI is InChI=1S/C24H22N4O3S2/c1-15-8-11-18(12-9-15)23-26-27-24(32-23)25-22(29)19-13-10-17(3)21(14-19)33(30,31)28-20-7-5-4-6-16(20)2/h4-14,28H,1-3H3,(H,25,27,29). The number of nitrogens with one attached hydrogen (secondary N) is 2. The fourth-order valence-corrected chi connectivity index (χ4v) is 5.32. The smallest absolute Gasteiger partial charge is 0.262 e. The SMILES string of the molecule is Cc1ccc(-c2nnc(NC(=O)c3ccc(C)c(S(=O)(=O)Nc4ccccc4C)c3)s2)cc1. The number of sulfonamides is 1. The van der Waals surface area contributed by atoms with Crippen molar-refractivity contribution in [2.24, 2.45) is 0 Å². The van der Waals surface area contributed by atoms with E-state index in [0.29, 0.717) is 21.4 Å². The van der Waals surface area contributed by atoms with Crippen LogP contribution >= 0.6 is 11.3 Å². The van der Waals surface area contributed by atoms with Gasteiger partial charge in [0.2, 0.25) is 5.13 Å². The highest BCUT2D eigenvalue weighted by Gasteiger charge is 2.20. The van der Waals surface area contributed by atoms with Gasteiger partial charge >= 0.3 is 0 Å². The van der Waals surface area contributed by atoms with Gasteiger partial charge < -0.3 is 0 Å². The van der Waals surface area contributed by atoms with Crippen molar-refractivity contribution in [3.63, 3.8) is 0 Å². The van der Waals surface area contributed by atoms with E-state index in [9.17, 15) is 13.2 Å². The normalized spacial score (nSPS) is 11.2. The molecule has 0 spiro atoms. The molecule has 0 saturated carbocycles. The van der Waals surface area contributed by atoms with Crippen LogP contribution in [0.4, 0.5) is 10.8 Å². The number of carbonyl (C=O) groups is 1. The van der Waals surface area contributed by atoms with Crippen molar-refractivity contribution in [3.05, 3.63) is 89.0 Å². The lowest BCUT2D eigenvalue weighted by Crippen LogP contribution is -2.17. The highest BCUT2D eigenvalue weighted by atomic mass is 32.2. The Morgan fingerprint density at radius 1 is 0.879 bits per heavy atom. The molecule has 0 radical (unpaired) electrons. The third-order valence-electron chi connectivity index (χ3n) is 5.07. The molecular weight excluding hydrogens is 456 g/mol. The summed E-state index contributed by atoms with van der Waals surface area (Å²) in [7, 11) is -3.89. The molecule has 1 amide bonds. The molecule has 9 heteroatoms. The van der Waals surface area contributed by atoms with Gasteiger partial charge in [-0.2, -0.15) is 0 Å². The van der Waals surface area contributed by atoms with E-state index in [1.54, 1.807) is 31.2 Å². The lowest BCUT2D eigenvalue weighted by Gasteiger charge is -2.13. The van der Waals surface area contributed by atoms with E-state index in [-0.39, 0.29) is 10.5 Å². The van der Waals surface area contributed by atoms with Crippen LogP contribution in [0.25, 0.3) is 10.6 Å². The summed E-state index contributed by atoms with van der Waals surface area (Å²) in [6.07, 6.45) is 0. The zero-order valence-corrected chi connectivity index (χ0v) is 19.9. The summed E-state index contributed by atoms with van der Waals surface area (Å²) in [5, 5.41) is 11.9. The van der Waals surface area contributed by atoms with Gasteiger partial charge in [-0.15, -0.1) is 10.2 Å². The Morgan fingerprint density at radius 2 is 1.61 bits per heavy atom. The molecule has 0 aliphatic carbocycles. The molecule has 1 heterocycles. The molecule has 7 nitrogen and oxygen atoms in total. The number of aromatic nitrogens is 2. The van der Waals surface area contributed by atoms with Crippen molar-refractivity contribution < 1.29 is 13.2 Å². The Hall–Kier alpha value is -3.56. The third kappa shape index (κ3) is 5.10. The van der Waals surface area contributed by atoms with E-state index in [1.165, 1.54) is 17.4 Å². The van der Waals surface area contributed by atoms with Crippen molar-refractivity contribution in [1.29, 1.82) is 0 Å². The molecule has 0 unspecified atom stereocenters. The first kappa shape index (κ1) is 22.6. The molecule has 33 heavy (non-hydrogen) atoms. The summed E-state index contributed by atoms with van der Waals surface area (Å²) >= 11 is 1.25. The van der Waals surface area contributed by atoms with Crippen LogP contribution in [0.1, 0.15) is 27.0 Å². The lowest BCUT2D eigenvalue weighted by molar-refractivity contribution is 0.102. The van der Waals surface area contributed by atoms with Crippen LogP contribution in [0.5, 0.6) is 0 Å². The minimum Gasteiger partial charge on any atom is -0.296 e. The van der Waals surface area contributed by atoms with Crippen molar-refractivity contribution in [2.45, 2.75) is 25.7 Å². The summed E-state index contributed by atoms with van der Waals surface area (Å²) in [4.78, 5) is 12.9. The van der Waals surface area contributed by atoms with E-state index in [0.717, 1.165) is 16.7 Å². The maximum absolute atomic E-state index is 13.0. The number of hydrogen-bond donors (Lipinski definition) is 2. The van der Waals surface area contributed by atoms with Crippen molar-refractivity contribution >= 4 is 38.1 Å². The van der Waals surface area contributed by atoms with Gasteiger partial charge in [-0.3, -0.25) is 14.8 Å². The van der Waals surface area contributed by atoms with Gasteiger partial charge in [0.1, 0.15) is 5.01 Å². The molecule has 0 bridgehead atoms. The average Bonchev–Trinajstić information content (AvgIpc) is 3.24. The molecule has 0 aliphatic rings. The molecule has 0 saturated heterocycles. The van der Waals surface area contributed by atoms with Crippen LogP contribution in [-0.4, -0.2) is 24.5 Å². The van der Waals surface area contributed by atoms with Gasteiger partial charge in [-0.25, -0.2) is 8.42 Å². The summed E-state index contributed by atoms with van der Waals surface area (Å²) in [5.74, 6) is -0.464. The second-order valence-electron chi connectivity index (χ2n) is 7.63. The molecule has 3 aromatic carbocycles. The monoisotopic (exact) mass is 478 g/mol. The molecule has 168 valence electrons. The number of carbonyl (C=O) groups excluding carboxylic acids is 1. The van der Waals surface area contributed by atoms with Gasteiger partial charge in [0.15, 0.2) is 0 Å². The number of nitrogens with zero attached hydrogens (tertiary/aromatic N) is 2. The maximum Gasteiger partial charge on any atom is 0.262 e. The summed E-state index contributed by atoms with van der Waals surface area (Å²) in [6, 6.07) is 19.5. The number of hydrogen-bond acceptors (Lipinski definition) is 6. The van der Waals surface area contributed by atoms with Crippen LogP contribution < -0.4 is 10.0 Å². The first-order chi connectivity index (χ1) is 15.7. The van der Waals surface area contributed by atoms with E-state index >= 15 is 0 Å². The van der Waals surface area contributed by atoms with Crippen LogP contribution in [0.3, 0.4) is 0 Å². The predicted octanol–water partition coefficient (Wildman–Crippen LogP) is 5.18. The Kier molecular flexibility index (Phi) is 6.26. The van der Waals surface area contributed by atoms with Crippen LogP contribution in [0.15, 0.2) is 71.6 Å². The third-order valence-corrected chi connectivity index (χ3v) is 7.47. The molecule has 2 N–H and O–H groups in total. The van der Waals surface area contributed by atoms with Gasteiger partial charge in [0.25, 0.3) is 15.9 Å². The quantitative estimate of drug-likeness (QED) is 0.397. The van der Waals surface area contributed by atoms with Gasteiger partial charge in [-0.1, -0.05) is 65.4 Å². The number of rotatable bonds is 6. The Morgan fingerprint density at radius 3 is 2.33 bits per heavy atom. The molecule has 4 aromatic rings. The number of aryl methyl sites for hydroxylation is 3. The van der Waals surface area contributed by atoms with Crippen LogP contribution in [0, 0.1) is 20.8 Å². The van der Waals surface area contributed by atoms with Crippen molar-refractivity contribution in [1.82, 2.24) is 10.2 Å². The summed E-state index contributed by atoms with van der Waals surface area (Å²) < 4.78 is 28.7. The fourth-order valence-electron chi connectivity index (χ4n) is 3.17. The number of benzene rings is 3. The topological polar surface area (TPSA) is 101 Å². The second-order valence-corrected chi connectivity index (χ2v) is 10.3. The molecule has 0 atom stereocenters. The molecular formula is C24H22N4O3S2. The maximum atomic E-state index is 13.0. The highest BCUT2D eigenvalue weighted by molar-refractivity contribution is 7.92. The zero-order valence-electron chi connectivity index (χ0n) is 18.3. The number of para-hydroxylation sites is 1. The molecule has 0 fully saturated rings. The Bertz CT molecular complexity index is 1430. The summed E-state index contributed by atoms with van der Waals surface area (Å²) in [5.41, 5.74) is 4.07. The van der Waals surface area contributed by atoms with Crippen molar-refractivity contribution in [2.75, 3.05) is 10.0 Å². The first-order valence-electron chi connectivity index (χ1n) is 10.1. The van der Waals surface area contributed by atoms with E-state index < -0.39 is 15.9 Å². The van der Waals surface area contributed by atoms with Crippen LogP contribution in [-0.2, 0) is 10.0 Å². The average molecular weight is 479 g/mol. The highest BCUT2D eigenvalue weighted by Crippen LogP contribution is 2.27. The van der Waals surface area contributed by atoms with E-state index in [2.05, 4.69) is 20.2 Å². The molecule has 0 aliphatic heterocycles. The Balaban J connectivity index is 1.55. The van der Waals surface area contributed by atoms with Crippen molar-refractivity contribution in [3.8, 4) is 10.6 Å². The van der Waals surface area contributed by atoms with Gasteiger partial charge in [-0.05, 0) is 50.1 Å². The lowest BCUT2D eigenvalue weighted by atomic mass is 10.1. The van der Waals surface area contributed by atoms with E-state index in [4.69, 9.17) is 0 Å². The number of anilines is 2. The predicted molar refractivity (Wildman–Crippen MR) is 131 cm³/mol.